The van der Waals surface area contributed by atoms with Crippen LogP contribution in [-0.2, 0) is 6.54 Å². The minimum Gasteiger partial charge on any atom is -0.306 e. The molecule has 2 rings (SSSR count). The monoisotopic (exact) mass is 298 g/mol. The fourth-order valence-corrected chi connectivity index (χ4v) is 2.54. The minimum absolute atomic E-state index is 0.231. The Kier molecular flexibility index (Phi) is 5.38. The molecule has 0 heterocycles. The van der Waals surface area contributed by atoms with Gasteiger partial charge in [0.05, 0.1) is 11.6 Å². The quantitative estimate of drug-likeness (QED) is 0.868. The van der Waals surface area contributed by atoms with Crippen LogP contribution in [0.2, 0.25) is 5.02 Å². The van der Waals surface area contributed by atoms with Gasteiger partial charge in [0.25, 0.3) is 0 Å². The Morgan fingerprint density at radius 2 is 1.76 bits per heavy atom. The maximum absolute atomic E-state index is 9.15. The van der Waals surface area contributed by atoms with Crippen LogP contribution in [0.15, 0.2) is 48.5 Å². The van der Waals surface area contributed by atoms with Crippen molar-refractivity contribution in [2.45, 2.75) is 26.4 Å². The molecule has 108 valence electrons. The summed E-state index contributed by atoms with van der Waals surface area (Å²) in [5.74, 6) is 0.445. The largest absolute Gasteiger partial charge is 0.306 e. The van der Waals surface area contributed by atoms with E-state index in [1.807, 2.05) is 36.4 Å². The number of nitriles is 1. The minimum atomic E-state index is 0.231. The van der Waals surface area contributed by atoms with Gasteiger partial charge in [-0.2, -0.15) is 5.26 Å². The molecule has 0 aliphatic rings. The Balaban J connectivity index is 2.14. The van der Waals surface area contributed by atoms with E-state index in [0.29, 0.717) is 12.5 Å². The van der Waals surface area contributed by atoms with Crippen molar-refractivity contribution in [2.24, 2.45) is 5.92 Å². The normalized spacial score (nSPS) is 12.1. The molecular weight excluding hydrogens is 280 g/mol. The zero-order valence-electron chi connectivity index (χ0n) is 12.3. The zero-order valence-corrected chi connectivity index (χ0v) is 13.1. The van der Waals surface area contributed by atoms with Crippen molar-refractivity contribution in [3.63, 3.8) is 0 Å². The van der Waals surface area contributed by atoms with Crippen LogP contribution in [0.25, 0.3) is 0 Å². The van der Waals surface area contributed by atoms with Crippen LogP contribution in [0.1, 0.15) is 36.6 Å². The number of nitrogens with zero attached hydrogens (tertiary/aromatic N) is 1. The maximum atomic E-state index is 9.15. The molecule has 0 saturated carbocycles. The number of hydrogen-bond acceptors (Lipinski definition) is 2. The van der Waals surface area contributed by atoms with Gasteiger partial charge in [-0.1, -0.05) is 55.8 Å². The molecule has 2 nitrogen and oxygen atoms in total. The van der Waals surface area contributed by atoms with E-state index >= 15 is 0 Å². The van der Waals surface area contributed by atoms with Crippen LogP contribution >= 0.6 is 11.6 Å². The van der Waals surface area contributed by atoms with E-state index in [-0.39, 0.29) is 6.04 Å². The lowest BCUT2D eigenvalue weighted by atomic mass is 9.95. The molecule has 21 heavy (non-hydrogen) atoms. The maximum Gasteiger partial charge on any atom is 0.0995 e. The average Bonchev–Trinajstić information content (AvgIpc) is 2.49. The van der Waals surface area contributed by atoms with Crippen LogP contribution in [0.3, 0.4) is 0 Å². The summed E-state index contributed by atoms with van der Waals surface area (Å²) in [6.07, 6.45) is 0. The molecule has 0 fully saturated rings. The van der Waals surface area contributed by atoms with Gasteiger partial charge in [-0.15, -0.1) is 0 Å². The predicted octanol–water partition coefficient (Wildman–Crippen LogP) is 4.70. The molecule has 0 saturated heterocycles. The van der Waals surface area contributed by atoms with Gasteiger partial charge in [0, 0.05) is 17.6 Å². The summed E-state index contributed by atoms with van der Waals surface area (Å²) in [5, 5.41) is 13.4. The van der Waals surface area contributed by atoms with Crippen molar-refractivity contribution in [3.8, 4) is 6.07 Å². The van der Waals surface area contributed by atoms with Gasteiger partial charge in [-0.3, -0.25) is 0 Å². The Morgan fingerprint density at radius 3 is 2.38 bits per heavy atom. The summed E-state index contributed by atoms with van der Waals surface area (Å²) in [6.45, 7) is 5.04. The molecule has 0 unspecified atom stereocenters. The van der Waals surface area contributed by atoms with Crippen LogP contribution in [0.5, 0.6) is 0 Å². The SMILES string of the molecule is CC(C)[C@@H](NCc1ccccc1C#N)c1ccc(Cl)cc1. The van der Waals surface area contributed by atoms with Crippen molar-refractivity contribution in [2.75, 3.05) is 0 Å². The molecule has 1 atom stereocenters. The number of benzene rings is 2. The predicted molar refractivity (Wildman–Crippen MR) is 87.0 cm³/mol. The molecule has 2 aromatic rings. The third-order valence-corrected chi connectivity index (χ3v) is 3.80. The van der Waals surface area contributed by atoms with E-state index in [9.17, 15) is 0 Å². The second-order valence-electron chi connectivity index (χ2n) is 5.42. The lowest BCUT2D eigenvalue weighted by molar-refractivity contribution is 0.410. The summed E-state index contributed by atoms with van der Waals surface area (Å²) in [7, 11) is 0. The molecule has 0 bridgehead atoms. The van der Waals surface area contributed by atoms with Gasteiger partial charge in [0.15, 0.2) is 0 Å². The molecule has 0 amide bonds. The van der Waals surface area contributed by atoms with E-state index in [1.165, 1.54) is 5.56 Å². The molecule has 2 aromatic carbocycles. The fourth-order valence-electron chi connectivity index (χ4n) is 2.41. The third-order valence-electron chi connectivity index (χ3n) is 3.55. The van der Waals surface area contributed by atoms with Crippen molar-refractivity contribution in [1.82, 2.24) is 5.32 Å². The molecule has 0 aliphatic heterocycles. The Morgan fingerprint density at radius 1 is 1.10 bits per heavy atom. The third kappa shape index (κ3) is 4.07. The molecule has 0 aliphatic carbocycles. The van der Waals surface area contributed by atoms with Crippen LogP contribution in [0.4, 0.5) is 0 Å². The molecule has 0 spiro atoms. The standard InChI is InChI=1S/C18H19ClN2/c1-13(2)18(14-7-9-17(19)10-8-14)21-12-16-6-4-3-5-15(16)11-20/h3-10,13,18,21H,12H2,1-2H3/t18-/m1/s1. The molecule has 3 heteroatoms. The molecule has 0 radical (unpaired) electrons. The van der Waals surface area contributed by atoms with Crippen LogP contribution in [-0.4, -0.2) is 0 Å². The Labute approximate surface area is 131 Å². The summed E-state index contributed by atoms with van der Waals surface area (Å²) >= 11 is 5.95. The number of halogens is 1. The summed E-state index contributed by atoms with van der Waals surface area (Å²) in [4.78, 5) is 0. The number of nitrogens with one attached hydrogen (secondary N) is 1. The number of hydrogen-bond donors (Lipinski definition) is 1. The topological polar surface area (TPSA) is 35.8 Å². The smallest absolute Gasteiger partial charge is 0.0995 e. The van der Waals surface area contributed by atoms with E-state index in [2.05, 4.69) is 37.4 Å². The first-order valence-corrected chi connectivity index (χ1v) is 7.46. The van der Waals surface area contributed by atoms with Gasteiger partial charge in [0.2, 0.25) is 0 Å². The Hall–Kier alpha value is -1.82. The van der Waals surface area contributed by atoms with E-state index in [4.69, 9.17) is 16.9 Å². The summed E-state index contributed by atoms with van der Waals surface area (Å²) < 4.78 is 0. The summed E-state index contributed by atoms with van der Waals surface area (Å²) in [6, 6.07) is 18.1. The van der Waals surface area contributed by atoms with Gasteiger partial charge in [-0.05, 0) is 35.2 Å². The van der Waals surface area contributed by atoms with Crippen molar-refractivity contribution in [1.29, 1.82) is 5.26 Å². The van der Waals surface area contributed by atoms with Gasteiger partial charge in [-0.25, -0.2) is 0 Å². The highest BCUT2D eigenvalue weighted by Gasteiger charge is 2.15. The van der Waals surface area contributed by atoms with E-state index in [0.717, 1.165) is 16.1 Å². The van der Waals surface area contributed by atoms with Crippen molar-refractivity contribution < 1.29 is 0 Å². The highest BCUT2D eigenvalue weighted by atomic mass is 35.5. The highest BCUT2D eigenvalue weighted by Crippen LogP contribution is 2.24. The lowest BCUT2D eigenvalue weighted by Gasteiger charge is -2.23. The molecular formula is C18H19ClN2. The molecule has 1 N–H and O–H groups in total. The number of rotatable bonds is 5. The van der Waals surface area contributed by atoms with Gasteiger partial charge in [0.1, 0.15) is 0 Å². The first-order chi connectivity index (χ1) is 10.1. The molecule has 0 aromatic heterocycles. The van der Waals surface area contributed by atoms with E-state index < -0.39 is 0 Å². The highest BCUT2D eigenvalue weighted by molar-refractivity contribution is 6.30. The first-order valence-electron chi connectivity index (χ1n) is 7.08. The second-order valence-corrected chi connectivity index (χ2v) is 5.86. The average molecular weight is 299 g/mol. The van der Waals surface area contributed by atoms with E-state index in [1.54, 1.807) is 0 Å². The van der Waals surface area contributed by atoms with Crippen molar-refractivity contribution in [3.05, 3.63) is 70.2 Å². The lowest BCUT2D eigenvalue weighted by Crippen LogP contribution is -2.25. The van der Waals surface area contributed by atoms with Crippen LogP contribution in [0, 0.1) is 17.2 Å². The Bertz CT molecular complexity index is 626. The summed E-state index contributed by atoms with van der Waals surface area (Å²) in [5.41, 5.74) is 2.96. The van der Waals surface area contributed by atoms with Gasteiger partial charge < -0.3 is 5.32 Å². The second kappa shape index (κ2) is 7.26. The first kappa shape index (κ1) is 15.6. The fraction of sp³-hybridized carbons (Fsp3) is 0.278. The van der Waals surface area contributed by atoms with Gasteiger partial charge >= 0.3 is 0 Å². The van der Waals surface area contributed by atoms with Crippen molar-refractivity contribution >= 4 is 11.6 Å². The van der Waals surface area contributed by atoms with Crippen LogP contribution < -0.4 is 5.32 Å². The zero-order chi connectivity index (χ0) is 15.2.